The molecule has 0 unspecified atom stereocenters. The lowest BCUT2D eigenvalue weighted by Gasteiger charge is -2.18. The topological polar surface area (TPSA) is 80.1 Å². The Morgan fingerprint density at radius 1 is 1.32 bits per heavy atom. The van der Waals surface area contributed by atoms with Gasteiger partial charge in [0.2, 0.25) is 0 Å². The van der Waals surface area contributed by atoms with Crippen molar-refractivity contribution in [1.29, 1.82) is 0 Å². The standard InChI is InChI=1S/C19H23N3O3/c1-4-25-14-5-6-16-13(11-14)12-15(18(23)21-16)17-20-8-10-22(17)9-7-19(2,3)24/h5-6,8,10-12,24H,4,7,9H2,1-3H3,(H,21,23). The van der Waals surface area contributed by atoms with Crippen molar-refractivity contribution in [3.05, 3.63) is 47.0 Å². The highest BCUT2D eigenvalue weighted by Gasteiger charge is 2.16. The van der Waals surface area contributed by atoms with Gasteiger partial charge in [-0.05, 0) is 51.5 Å². The summed E-state index contributed by atoms with van der Waals surface area (Å²) in [4.78, 5) is 19.8. The van der Waals surface area contributed by atoms with Gasteiger partial charge in [0.15, 0.2) is 0 Å². The highest BCUT2D eigenvalue weighted by molar-refractivity contribution is 5.83. The molecule has 1 aromatic carbocycles. The molecule has 0 aliphatic rings. The van der Waals surface area contributed by atoms with Gasteiger partial charge in [0.25, 0.3) is 5.56 Å². The zero-order valence-corrected chi connectivity index (χ0v) is 14.7. The number of imidazole rings is 1. The Balaban J connectivity index is 2.02. The van der Waals surface area contributed by atoms with Crippen LogP contribution in [0, 0.1) is 0 Å². The maximum Gasteiger partial charge on any atom is 0.259 e. The van der Waals surface area contributed by atoms with Crippen LogP contribution in [0.2, 0.25) is 0 Å². The van der Waals surface area contributed by atoms with E-state index in [0.29, 0.717) is 31.0 Å². The van der Waals surface area contributed by atoms with Crippen molar-refractivity contribution in [2.75, 3.05) is 6.61 Å². The van der Waals surface area contributed by atoms with Crippen molar-refractivity contribution in [2.24, 2.45) is 0 Å². The Kier molecular flexibility index (Phi) is 4.63. The Hall–Kier alpha value is -2.60. The number of aromatic amines is 1. The average molecular weight is 341 g/mol. The van der Waals surface area contributed by atoms with Gasteiger partial charge in [0, 0.05) is 29.8 Å². The monoisotopic (exact) mass is 341 g/mol. The fourth-order valence-corrected chi connectivity index (χ4v) is 2.74. The number of aromatic nitrogens is 3. The molecule has 0 saturated carbocycles. The quantitative estimate of drug-likeness (QED) is 0.722. The summed E-state index contributed by atoms with van der Waals surface area (Å²) in [5.74, 6) is 1.35. The highest BCUT2D eigenvalue weighted by atomic mass is 16.5. The maximum absolute atomic E-state index is 12.5. The van der Waals surface area contributed by atoms with Gasteiger partial charge in [-0.3, -0.25) is 4.79 Å². The summed E-state index contributed by atoms with van der Waals surface area (Å²) in [6, 6.07) is 7.42. The summed E-state index contributed by atoms with van der Waals surface area (Å²) in [7, 11) is 0. The molecule has 6 nitrogen and oxygen atoms in total. The molecule has 2 aromatic heterocycles. The van der Waals surface area contributed by atoms with E-state index in [4.69, 9.17) is 4.74 Å². The number of hydrogen-bond donors (Lipinski definition) is 2. The first-order valence-electron chi connectivity index (χ1n) is 8.41. The number of ether oxygens (including phenoxy) is 1. The van der Waals surface area contributed by atoms with Gasteiger partial charge >= 0.3 is 0 Å². The number of aryl methyl sites for hydroxylation is 1. The van der Waals surface area contributed by atoms with E-state index in [1.807, 2.05) is 42.0 Å². The van der Waals surface area contributed by atoms with Crippen LogP contribution in [-0.4, -0.2) is 31.8 Å². The molecule has 0 atom stereocenters. The zero-order chi connectivity index (χ0) is 18.0. The second kappa shape index (κ2) is 6.72. The summed E-state index contributed by atoms with van der Waals surface area (Å²) in [5.41, 5.74) is 0.296. The van der Waals surface area contributed by atoms with E-state index in [1.54, 1.807) is 20.0 Å². The third-order valence-electron chi connectivity index (χ3n) is 4.05. The van der Waals surface area contributed by atoms with Gasteiger partial charge in [-0.15, -0.1) is 0 Å². The first kappa shape index (κ1) is 17.2. The van der Waals surface area contributed by atoms with Crippen LogP contribution in [0.3, 0.4) is 0 Å². The van der Waals surface area contributed by atoms with Gasteiger partial charge in [-0.1, -0.05) is 0 Å². The zero-order valence-electron chi connectivity index (χ0n) is 14.7. The first-order chi connectivity index (χ1) is 11.9. The van der Waals surface area contributed by atoms with Crippen molar-refractivity contribution in [1.82, 2.24) is 14.5 Å². The van der Waals surface area contributed by atoms with Crippen LogP contribution in [0.1, 0.15) is 27.2 Å². The minimum absolute atomic E-state index is 0.188. The summed E-state index contributed by atoms with van der Waals surface area (Å²) >= 11 is 0. The number of benzene rings is 1. The smallest absolute Gasteiger partial charge is 0.259 e. The number of nitrogens with one attached hydrogen (secondary N) is 1. The van der Waals surface area contributed by atoms with Gasteiger partial charge in [-0.2, -0.15) is 0 Å². The SMILES string of the molecule is CCOc1ccc2[nH]c(=O)c(-c3nccn3CCC(C)(C)O)cc2c1. The van der Waals surface area contributed by atoms with Crippen LogP contribution in [0.25, 0.3) is 22.3 Å². The Morgan fingerprint density at radius 2 is 2.12 bits per heavy atom. The van der Waals surface area contributed by atoms with Crippen LogP contribution < -0.4 is 10.3 Å². The van der Waals surface area contributed by atoms with Crippen LogP contribution in [-0.2, 0) is 6.54 Å². The van der Waals surface area contributed by atoms with E-state index in [2.05, 4.69) is 9.97 Å². The number of nitrogens with zero attached hydrogens (tertiary/aromatic N) is 2. The van der Waals surface area contributed by atoms with Crippen LogP contribution >= 0.6 is 0 Å². The van der Waals surface area contributed by atoms with E-state index in [9.17, 15) is 9.90 Å². The van der Waals surface area contributed by atoms with Gasteiger partial charge in [-0.25, -0.2) is 4.98 Å². The van der Waals surface area contributed by atoms with Crippen molar-refractivity contribution in [3.63, 3.8) is 0 Å². The molecule has 0 fully saturated rings. The Morgan fingerprint density at radius 3 is 2.84 bits per heavy atom. The van der Waals surface area contributed by atoms with Crippen molar-refractivity contribution in [3.8, 4) is 17.1 Å². The number of aliphatic hydroxyl groups is 1. The lowest BCUT2D eigenvalue weighted by atomic mass is 10.1. The van der Waals surface area contributed by atoms with Gasteiger partial charge in [0.05, 0.1) is 17.8 Å². The largest absolute Gasteiger partial charge is 0.494 e. The highest BCUT2D eigenvalue weighted by Crippen LogP contribution is 2.23. The molecule has 3 rings (SSSR count). The molecule has 2 N–H and O–H groups in total. The fourth-order valence-electron chi connectivity index (χ4n) is 2.74. The average Bonchev–Trinajstić information content (AvgIpc) is 3.00. The first-order valence-corrected chi connectivity index (χ1v) is 8.41. The lowest BCUT2D eigenvalue weighted by Crippen LogP contribution is -2.21. The number of hydrogen-bond acceptors (Lipinski definition) is 4. The second-order valence-electron chi connectivity index (χ2n) is 6.70. The molecule has 0 aliphatic carbocycles. The molecular formula is C19H23N3O3. The lowest BCUT2D eigenvalue weighted by molar-refractivity contribution is 0.0663. The number of rotatable bonds is 6. The molecule has 132 valence electrons. The molecule has 0 amide bonds. The summed E-state index contributed by atoms with van der Waals surface area (Å²) < 4.78 is 7.42. The molecule has 3 aromatic rings. The summed E-state index contributed by atoms with van der Waals surface area (Å²) in [6.07, 6.45) is 4.05. The normalized spacial score (nSPS) is 11.8. The van der Waals surface area contributed by atoms with Crippen molar-refractivity contribution >= 4 is 10.9 Å². The molecular weight excluding hydrogens is 318 g/mol. The predicted molar refractivity (Wildman–Crippen MR) is 97.9 cm³/mol. The van der Waals surface area contributed by atoms with Gasteiger partial charge < -0.3 is 19.4 Å². The number of pyridine rings is 1. The number of H-pyrrole nitrogens is 1. The predicted octanol–water partition coefficient (Wildman–Crippen LogP) is 2.95. The van der Waals surface area contributed by atoms with E-state index in [1.165, 1.54) is 0 Å². The van der Waals surface area contributed by atoms with Crippen molar-refractivity contribution in [2.45, 2.75) is 39.3 Å². The molecule has 0 saturated heterocycles. The second-order valence-corrected chi connectivity index (χ2v) is 6.70. The third kappa shape index (κ3) is 3.91. The molecule has 0 spiro atoms. The van der Waals surface area contributed by atoms with Crippen LogP contribution in [0.5, 0.6) is 5.75 Å². The van der Waals surface area contributed by atoms with E-state index < -0.39 is 5.60 Å². The molecule has 2 heterocycles. The van der Waals surface area contributed by atoms with Crippen molar-refractivity contribution < 1.29 is 9.84 Å². The molecule has 0 radical (unpaired) electrons. The van der Waals surface area contributed by atoms with Gasteiger partial charge in [0.1, 0.15) is 11.6 Å². The van der Waals surface area contributed by atoms with Crippen LogP contribution in [0.4, 0.5) is 0 Å². The minimum atomic E-state index is -0.774. The van der Waals surface area contributed by atoms with E-state index in [0.717, 1.165) is 16.7 Å². The molecule has 0 aliphatic heterocycles. The minimum Gasteiger partial charge on any atom is -0.494 e. The van der Waals surface area contributed by atoms with E-state index >= 15 is 0 Å². The summed E-state index contributed by atoms with van der Waals surface area (Å²) in [5, 5.41) is 10.8. The number of fused-ring (bicyclic) bond motifs is 1. The van der Waals surface area contributed by atoms with E-state index in [-0.39, 0.29) is 5.56 Å². The molecule has 6 heteroatoms. The molecule has 25 heavy (non-hydrogen) atoms. The Bertz CT molecular complexity index is 935. The fraction of sp³-hybridized carbons (Fsp3) is 0.368. The molecule has 0 bridgehead atoms. The third-order valence-corrected chi connectivity index (χ3v) is 4.05. The maximum atomic E-state index is 12.5. The summed E-state index contributed by atoms with van der Waals surface area (Å²) in [6.45, 7) is 6.63. The van der Waals surface area contributed by atoms with Crippen LogP contribution in [0.15, 0.2) is 41.5 Å². The Labute approximate surface area is 146 Å².